The molecule has 0 aromatic heterocycles. The summed E-state index contributed by atoms with van der Waals surface area (Å²) in [6.07, 6.45) is 6.72. The van der Waals surface area contributed by atoms with Crippen LogP contribution in [0.3, 0.4) is 0 Å². The third-order valence-corrected chi connectivity index (χ3v) is 3.46. The van der Waals surface area contributed by atoms with E-state index in [1.165, 1.54) is 12.8 Å². The number of rotatable bonds is 3. The molecule has 13 heavy (non-hydrogen) atoms. The summed E-state index contributed by atoms with van der Waals surface area (Å²) in [5.74, 6) is 1.08. The summed E-state index contributed by atoms with van der Waals surface area (Å²) in [4.78, 5) is 0. The maximum atomic E-state index is 9.72. The average Bonchev–Trinajstić information content (AvgIpc) is 2.67. The molecule has 1 N–H and O–H groups in total. The topological polar surface area (TPSA) is 29.5 Å². The highest BCUT2D eigenvalue weighted by Gasteiger charge is 2.45. The van der Waals surface area contributed by atoms with Crippen LogP contribution in [-0.2, 0) is 4.74 Å². The first-order valence-corrected chi connectivity index (χ1v) is 5.23. The predicted octanol–water partition coefficient (Wildman–Crippen LogP) is 1.74. The lowest BCUT2D eigenvalue weighted by molar-refractivity contribution is 0.0851. The number of fused-ring (bicyclic) bond motifs is 1. The van der Waals surface area contributed by atoms with Gasteiger partial charge in [-0.25, -0.2) is 0 Å². The summed E-state index contributed by atoms with van der Waals surface area (Å²) < 4.78 is 5.52. The third kappa shape index (κ3) is 1.65. The second kappa shape index (κ2) is 3.81. The van der Waals surface area contributed by atoms with Gasteiger partial charge < -0.3 is 9.84 Å². The first kappa shape index (κ1) is 9.22. The number of ether oxygens (including phenoxy) is 1. The van der Waals surface area contributed by atoms with E-state index in [9.17, 15) is 5.11 Å². The van der Waals surface area contributed by atoms with Crippen molar-refractivity contribution in [3.8, 4) is 0 Å². The van der Waals surface area contributed by atoms with Crippen LogP contribution in [-0.4, -0.2) is 23.9 Å². The third-order valence-electron chi connectivity index (χ3n) is 3.46. The molecule has 4 atom stereocenters. The minimum atomic E-state index is -0.206. The molecule has 1 aliphatic carbocycles. The highest BCUT2D eigenvalue weighted by atomic mass is 16.5. The molecule has 0 aromatic rings. The van der Waals surface area contributed by atoms with Crippen LogP contribution in [0.5, 0.6) is 0 Å². The summed E-state index contributed by atoms with van der Waals surface area (Å²) in [5, 5.41) is 9.72. The fourth-order valence-electron chi connectivity index (χ4n) is 2.83. The molecule has 74 valence electrons. The Morgan fingerprint density at radius 3 is 3.08 bits per heavy atom. The van der Waals surface area contributed by atoms with Crippen molar-refractivity contribution in [2.75, 3.05) is 6.61 Å². The van der Waals surface area contributed by atoms with E-state index in [2.05, 4.69) is 6.58 Å². The number of hydrogen-bond donors (Lipinski definition) is 1. The van der Waals surface area contributed by atoms with E-state index in [0.717, 1.165) is 12.8 Å². The van der Waals surface area contributed by atoms with E-state index < -0.39 is 0 Å². The van der Waals surface area contributed by atoms with Gasteiger partial charge in [0, 0.05) is 5.92 Å². The van der Waals surface area contributed by atoms with Gasteiger partial charge in [0.15, 0.2) is 0 Å². The Morgan fingerprint density at radius 1 is 1.46 bits per heavy atom. The molecule has 1 aliphatic heterocycles. The van der Waals surface area contributed by atoms with E-state index in [4.69, 9.17) is 4.74 Å². The molecule has 0 amide bonds. The smallest absolute Gasteiger partial charge is 0.0829 e. The summed E-state index contributed by atoms with van der Waals surface area (Å²) in [7, 11) is 0. The van der Waals surface area contributed by atoms with Crippen molar-refractivity contribution in [1.82, 2.24) is 0 Å². The largest absolute Gasteiger partial charge is 0.390 e. The van der Waals surface area contributed by atoms with E-state index in [1.807, 2.05) is 6.08 Å². The summed E-state index contributed by atoms with van der Waals surface area (Å²) >= 11 is 0. The molecule has 0 radical (unpaired) electrons. The lowest BCUT2D eigenvalue weighted by Gasteiger charge is -2.19. The lowest BCUT2D eigenvalue weighted by atomic mass is 9.88. The maximum absolute atomic E-state index is 9.72. The maximum Gasteiger partial charge on any atom is 0.0829 e. The van der Waals surface area contributed by atoms with Gasteiger partial charge in [-0.05, 0) is 31.6 Å². The Balaban J connectivity index is 1.93. The van der Waals surface area contributed by atoms with Gasteiger partial charge in [0.1, 0.15) is 0 Å². The molecular formula is C11H18O2. The van der Waals surface area contributed by atoms with Gasteiger partial charge in [0.05, 0.1) is 18.8 Å². The quantitative estimate of drug-likeness (QED) is 0.674. The zero-order valence-electron chi connectivity index (χ0n) is 7.98. The first-order valence-electron chi connectivity index (χ1n) is 5.23. The Kier molecular flexibility index (Phi) is 2.70. The van der Waals surface area contributed by atoms with Crippen LogP contribution >= 0.6 is 0 Å². The molecule has 1 saturated carbocycles. The number of allylic oxidation sites excluding steroid dienone is 1. The summed E-state index contributed by atoms with van der Waals surface area (Å²) in [5.41, 5.74) is 0. The monoisotopic (exact) mass is 182 g/mol. The van der Waals surface area contributed by atoms with Crippen LogP contribution in [0.25, 0.3) is 0 Å². The van der Waals surface area contributed by atoms with Crippen LogP contribution in [0.1, 0.15) is 25.7 Å². The second-order valence-corrected chi connectivity index (χ2v) is 4.22. The molecule has 0 aromatic carbocycles. The van der Waals surface area contributed by atoms with E-state index in [1.54, 1.807) is 0 Å². The Morgan fingerprint density at radius 2 is 2.31 bits per heavy atom. The van der Waals surface area contributed by atoms with Crippen molar-refractivity contribution >= 4 is 0 Å². The fraction of sp³-hybridized carbons (Fsp3) is 0.818. The van der Waals surface area contributed by atoms with Crippen molar-refractivity contribution in [3.05, 3.63) is 12.7 Å². The molecular weight excluding hydrogens is 164 g/mol. The predicted molar refractivity (Wildman–Crippen MR) is 51.4 cm³/mol. The van der Waals surface area contributed by atoms with Gasteiger partial charge in [-0.3, -0.25) is 0 Å². The highest BCUT2D eigenvalue weighted by Crippen LogP contribution is 2.42. The molecule has 2 fully saturated rings. The van der Waals surface area contributed by atoms with E-state index in [-0.39, 0.29) is 6.10 Å². The van der Waals surface area contributed by atoms with Crippen molar-refractivity contribution < 1.29 is 9.84 Å². The molecule has 2 nitrogen and oxygen atoms in total. The van der Waals surface area contributed by atoms with E-state index in [0.29, 0.717) is 24.5 Å². The van der Waals surface area contributed by atoms with Crippen molar-refractivity contribution in [2.45, 2.75) is 37.9 Å². The van der Waals surface area contributed by atoms with Gasteiger partial charge in [0.2, 0.25) is 0 Å². The Labute approximate surface area is 79.6 Å². The second-order valence-electron chi connectivity index (χ2n) is 4.22. The highest BCUT2D eigenvalue weighted by molar-refractivity contribution is 4.94. The lowest BCUT2D eigenvalue weighted by Crippen LogP contribution is -2.25. The van der Waals surface area contributed by atoms with Gasteiger partial charge >= 0.3 is 0 Å². The van der Waals surface area contributed by atoms with Gasteiger partial charge in [0.25, 0.3) is 0 Å². The summed E-state index contributed by atoms with van der Waals surface area (Å²) in [6, 6.07) is 0. The minimum Gasteiger partial charge on any atom is -0.390 e. The number of aliphatic hydroxyl groups excluding tert-OH is 1. The Bertz CT molecular complexity index is 191. The summed E-state index contributed by atoms with van der Waals surface area (Å²) in [6.45, 7) is 4.29. The number of hydrogen-bond acceptors (Lipinski definition) is 2. The average molecular weight is 182 g/mol. The van der Waals surface area contributed by atoms with E-state index >= 15 is 0 Å². The van der Waals surface area contributed by atoms with Gasteiger partial charge in [-0.1, -0.05) is 6.08 Å². The van der Waals surface area contributed by atoms with Crippen LogP contribution in [0.15, 0.2) is 12.7 Å². The molecule has 2 heteroatoms. The molecule has 2 aliphatic rings. The molecule has 0 unspecified atom stereocenters. The zero-order valence-corrected chi connectivity index (χ0v) is 7.98. The standard InChI is InChI=1S/C11H18O2/c1-2-3-4-8-5-6-10-11(8)9(12)7-13-10/h2,8-12H,1,3-7H2/t8-,9-,10-,11-/m0/s1. The Hall–Kier alpha value is -0.340. The van der Waals surface area contributed by atoms with Crippen LogP contribution in [0, 0.1) is 11.8 Å². The zero-order chi connectivity index (χ0) is 9.26. The fourth-order valence-corrected chi connectivity index (χ4v) is 2.83. The van der Waals surface area contributed by atoms with Crippen LogP contribution in [0.4, 0.5) is 0 Å². The van der Waals surface area contributed by atoms with Crippen molar-refractivity contribution in [1.29, 1.82) is 0 Å². The van der Waals surface area contributed by atoms with Gasteiger partial charge in [-0.2, -0.15) is 0 Å². The number of aliphatic hydroxyl groups is 1. The van der Waals surface area contributed by atoms with Crippen LogP contribution < -0.4 is 0 Å². The van der Waals surface area contributed by atoms with Crippen molar-refractivity contribution in [2.24, 2.45) is 11.8 Å². The molecule has 0 spiro atoms. The minimum absolute atomic E-state index is 0.206. The molecule has 1 saturated heterocycles. The molecule has 0 bridgehead atoms. The SMILES string of the molecule is C=CCC[C@H]1CC[C@@H]2OC[C@H](O)[C@H]12. The first-order chi connectivity index (χ1) is 6.33. The molecule has 2 rings (SSSR count). The van der Waals surface area contributed by atoms with Gasteiger partial charge in [-0.15, -0.1) is 6.58 Å². The normalized spacial score (nSPS) is 43.5. The van der Waals surface area contributed by atoms with Crippen molar-refractivity contribution in [3.63, 3.8) is 0 Å². The molecule has 1 heterocycles. The van der Waals surface area contributed by atoms with Crippen LogP contribution in [0.2, 0.25) is 0 Å².